The van der Waals surface area contributed by atoms with E-state index in [0.717, 1.165) is 0 Å². The summed E-state index contributed by atoms with van der Waals surface area (Å²) in [6.07, 6.45) is -1.21. The zero-order valence-electron chi connectivity index (χ0n) is 13.4. The first kappa shape index (κ1) is 16.6. The monoisotopic (exact) mass is 369 g/mol. The minimum atomic E-state index is -3.61. The summed E-state index contributed by atoms with van der Waals surface area (Å²) < 4.78 is 37.8. The third-order valence-corrected chi connectivity index (χ3v) is 6.60. The lowest BCUT2D eigenvalue weighted by molar-refractivity contribution is 0.0733. The Balaban J connectivity index is 1.67. The molecule has 1 aromatic rings. The van der Waals surface area contributed by atoms with E-state index in [4.69, 9.17) is 9.47 Å². The largest absolute Gasteiger partial charge is 0.489 e. The number of anilines is 1. The van der Waals surface area contributed by atoms with Crippen molar-refractivity contribution >= 4 is 21.8 Å². The zero-order valence-corrected chi connectivity index (χ0v) is 14.2. The topological polar surface area (TPSA) is 108 Å². The van der Waals surface area contributed by atoms with E-state index in [0.29, 0.717) is 37.6 Å². The minimum absolute atomic E-state index is 0.137. The van der Waals surface area contributed by atoms with Crippen LogP contribution in [0.4, 0.5) is 10.5 Å². The molecular formula is C15H19N3O6S. The van der Waals surface area contributed by atoms with Gasteiger partial charge in [-0.25, -0.2) is 13.2 Å². The summed E-state index contributed by atoms with van der Waals surface area (Å²) in [5, 5.41) is 12.4. The van der Waals surface area contributed by atoms with Gasteiger partial charge >= 0.3 is 6.09 Å². The number of amides is 1. The normalized spacial score (nSPS) is 26.6. The molecule has 136 valence electrons. The van der Waals surface area contributed by atoms with Crippen LogP contribution in [-0.4, -0.2) is 75.5 Å². The second-order valence-electron chi connectivity index (χ2n) is 6.14. The quantitative estimate of drug-likeness (QED) is 0.729. The molecule has 0 saturated carbocycles. The third kappa shape index (κ3) is 2.65. The maximum atomic E-state index is 12.8. The fourth-order valence-electron chi connectivity index (χ4n) is 3.36. The lowest BCUT2D eigenvalue weighted by Crippen LogP contribution is -2.46. The number of cyclic esters (lactones) is 1. The standard InChI is InChI=1S/C15H19N3O6S/c19-8-14-12-9-23-13-7-10(1-2-11(13)18(12)15(20)24-14)25(21,22)17-5-3-16-4-6-17/h1-2,7,12,14,16,19H,3-6,8-9H2/t12-,14?/m0/s1. The number of aliphatic hydroxyl groups excluding tert-OH is 1. The molecule has 25 heavy (non-hydrogen) atoms. The van der Waals surface area contributed by atoms with Crippen molar-refractivity contribution in [2.75, 3.05) is 44.3 Å². The highest BCUT2D eigenvalue weighted by molar-refractivity contribution is 7.89. The molecule has 1 amide bonds. The molecule has 3 aliphatic heterocycles. The molecule has 4 rings (SSSR count). The van der Waals surface area contributed by atoms with Crippen LogP contribution in [0, 0.1) is 0 Å². The lowest BCUT2D eigenvalue weighted by Gasteiger charge is -2.31. The number of nitrogens with zero attached hydrogens (tertiary/aromatic N) is 2. The predicted molar refractivity (Wildman–Crippen MR) is 87.2 cm³/mol. The van der Waals surface area contributed by atoms with Crippen molar-refractivity contribution < 1.29 is 27.8 Å². The number of sulfonamides is 1. The first-order chi connectivity index (χ1) is 12.0. The van der Waals surface area contributed by atoms with Crippen LogP contribution in [0.2, 0.25) is 0 Å². The van der Waals surface area contributed by atoms with Crippen molar-refractivity contribution in [1.82, 2.24) is 9.62 Å². The van der Waals surface area contributed by atoms with E-state index in [2.05, 4.69) is 5.32 Å². The van der Waals surface area contributed by atoms with Gasteiger partial charge in [-0.2, -0.15) is 4.31 Å². The summed E-state index contributed by atoms with van der Waals surface area (Å²) in [6.45, 7) is 1.91. The number of hydrogen-bond acceptors (Lipinski definition) is 7. The molecule has 0 radical (unpaired) electrons. The van der Waals surface area contributed by atoms with E-state index in [1.54, 1.807) is 6.07 Å². The van der Waals surface area contributed by atoms with Crippen LogP contribution in [0.1, 0.15) is 0 Å². The Bertz CT molecular complexity index is 792. The number of aliphatic hydroxyl groups is 1. The second-order valence-corrected chi connectivity index (χ2v) is 8.07. The molecule has 3 heterocycles. The van der Waals surface area contributed by atoms with Gasteiger partial charge in [-0.3, -0.25) is 4.90 Å². The highest BCUT2D eigenvalue weighted by atomic mass is 32.2. The van der Waals surface area contributed by atoms with E-state index in [-0.39, 0.29) is 18.1 Å². The highest BCUT2D eigenvalue weighted by Crippen LogP contribution is 2.40. The summed E-state index contributed by atoms with van der Waals surface area (Å²) >= 11 is 0. The van der Waals surface area contributed by atoms with E-state index in [1.165, 1.54) is 21.3 Å². The Kier molecular flexibility index (Phi) is 4.07. The third-order valence-electron chi connectivity index (χ3n) is 4.70. The van der Waals surface area contributed by atoms with Crippen LogP contribution < -0.4 is 15.0 Å². The van der Waals surface area contributed by atoms with Gasteiger partial charge in [0.05, 0.1) is 17.2 Å². The molecule has 0 spiro atoms. The number of carbonyl (C=O) groups excluding carboxylic acids is 1. The molecule has 2 saturated heterocycles. The molecule has 9 nitrogen and oxygen atoms in total. The van der Waals surface area contributed by atoms with Gasteiger partial charge in [-0.15, -0.1) is 0 Å². The Morgan fingerprint density at radius 2 is 2.04 bits per heavy atom. The number of fused-ring (bicyclic) bond motifs is 3. The van der Waals surface area contributed by atoms with Crippen LogP contribution >= 0.6 is 0 Å². The van der Waals surface area contributed by atoms with Crippen LogP contribution in [0.15, 0.2) is 23.1 Å². The van der Waals surface area contributed by atoms with Crippen molar-refractivity contribution in [2.24, 2.45) is 0 Å². The number of ether oxygens (including phenoxy) is 2. The minimum Gasteiger partial charge on any atom is -0.489 e. The molecule has 0 bridgehead atoms. The Morgan fingerprint density at radius 1 is 1.28 bits per heavy atom. The molecule has 2 fully saturated rings. The van der Waals surface area contributed by atoms with Gasteiger partial charge in [0.2, 0.25) is 10.0 Å². The van der Waals surface area contributed by atoms with E-state index in [9.17, 15) is 18.3 Å². The van der Waals surface area contributed by atoms with Crippen LogP contribution in [0.3, 0.4) is 0 Å². The van der Waals surface area contributed by atoms with Gasteiger partial charge in [0.15, 0.2) is 6.10 Å². The fourth-order valence-corrected chi connectivity index (χ4v) is 4.82. The average molecular weight is 369 g/mol. The first-order valence-corrected chi connectivity index (χ1v) is 9.55. The number of nitrogens with one attached hydrogen (secondary N) is 1. The zero-order chi connectivity index (χ0) is 17.6. The Morgan fingerprint density at radius 3 is 2.76 bits per heavy atom. The summed E-state index contributed by atoms with van der Waals surface area (Å²) in [6, 6.07) is 4.06. The molecule has 1 unspecified atom stereocenters. The Labute approximate surface area is 145 Å². The van der Waals surface area contributed by atoms with Gasteiger partial charge in [0.1, 0.15) is 18.4 Å². The first-order valence-electron chi connectivity index (χ1n) is 8.11. The number of piperazine rings is 1. The van der Waals surface area contributed by atoms with Gasteiger partial charge in [0, 0.05) is 32.2 Å². The number of carbonyl (C=O) groups is 1. The smallest absolute Gasteiger partial charge is 0.415 e. The average Bonchev–Trinajstić information content (AvgIpc) is 2.98. The molecule has 2 N–H and O–H groups in total. The van der Waals surface area contributed by atoms with E-state index >= 15 is 0 Å². The molecule has 0 aliphatic carbocycles. The van der Waals surface area contributed by atoms with Crippen molar-refractivity contribution in [1.29, 1.82) is 0 Å². The van der Waals surface area contributed by atoms with E-state index < -0.39 is 28.3 Å². The fraction of sp³-hybridized carbons (Fsp3) is 0.533. The summed E-state index contributed by atoms with van der Waals surface area (Å²) in [5.41, 5.74) is 0.455. The molecular weight excluding hydrogens is 350 g/mol. The predicted octanol–water partition coefficient (Wildman–Crippen LogP) is -0.641. The summed E-state index contributed by atoms with van der Waals surface area (Å²) in [7, 11) is -3.61. The highest BCUT2D eigenvalue weighted by Gasteiger charge is 2.46. The van der Waals surface area contributed by atoms with E-state index in [1.807, 2.05) is 0 Å². The maximum Gasteiger partial charge on any atom is 0.415 e. The number of rotatable bonds is 3. The van der Waals surface area contributed by atoms with Crippen LogP contribution in [-0.2, 0) is 14.8 Å². The molecule has 1 aromatic carbocycles. The summed E-state index contributed by atoms with van der Waals surface area (Å²) in [5.74, 6) is 0.322. The lowest BCUT2D eigenvalue weighted by atomic mass is 10.1. The maximum absolute atomic E-state index is 12.8. The molecule has 10 heteroatoms. The number of benzene rings is 1. The van der Waals surface area contributed by atoms with Gasteiger partial charge in [0.25, 0.3) is 0 Å². The summed E-state index contributed by atoms with van der Waals surface area (Å²) in [4.78, 5) is 13.6. The van der Waals surface area contributed by atoms with Crippen molar-refractivity contribution in [2.45, 2.75) is 17.0 Å². The Hall–Kier alpha value is -1.88. The van der Waals surface area contributed by atoms with Gasteiger partial charge in [-0.1, -0.05) is 0 Å². The molecule has 0 aromatic heterocycles. The van der Waals surface area contributed by atoms with Crippen molar-refractivity contribution in [3.63, 3.8) is 0 Å². The molecule has 2 atom stereocenters. The van der Waals surface area contributed by atoms with Crippen molar-refractivity contribution in [3.8, 4) is 5.75 Å². The number of hydrogen-bond donors (Lipinski definition) is 2. The van der Waals surface area contributed by atoms with Gasteiger partial charge < -0.3 is 19.9 Å². The van der Waals surface area contributed by atoms with Crippen molar-refractivity contribution in [3.05, 3.63) is 18.2 Å². The SMILES string of the molecule is O=C1OC(CO)[C@@H]2COc3cc(S(=O)(=O)N4CCNCC4)ccc3N12. The van der Waals surface area contributed by atoms with Gasteiger partial charge in [-0.05, 0) is 12.1 Å². The van der Waals surface area contributed by atoms with Crippen LogP contribution in [0.5, 0.6) is 5.75 Å². The van der Waals surface area contributed by atoms with Crippen LogP contribution in [0.25, 0.3) is 0 Å². The molecule has 3 aliphatic rings. The second kappa shape index (κ2) is 6.13.